The Kier molecular flexibility index (Phi) is 7.25. The minimum atomic E-state index is -0.250. The van der Waals surface area contributed by atoms with Crippen molar-refractivity contribution < 1.29 is 14.0 Å². The van der Waals surface area contributed by atoms with Gasteiger partial charge >= 0.3 is 0 Å². The summed E-state index contributed by atoms with van der Waals surface area (Å²) >= 11 is 3.38. The van der Waals surface area contributed by atoms with Gasteiger partial charge < -0.3 is 15.1 Å². The number of carbonyl (C=O) groups excluding carboxylic acids is 2. The molecule has 0 aliphatic carbocycles. The Labute approximate surface area is 179 Å². The Morgan fingerprint density at radius 2 is 1.76 bits per heavy atom. The van der Waals surface area contributed by atoms with Crippen LogP contribution in [-0.4, -0.2) is 42.9 Å². The molecule has 2 amide bonds. The molecular formula is C22H25BrFN3O2. The number of nitrogens with zero attached hydrogens (tertiary/aromatic N) is 2. The van der Waals surface area contributed by atoms with Crippen LogP contribution in [0.5, 0.6) is 0 Å². The number of amides is 2. The van der Waals surface area contributed by atoms with Crippen LogP contribution >= 0.6 is 15.9 Å². The van der Waals surface area contributed by atoms with Crippen LogP contribution in [0.3, 0.4) is 0 Å². The van der Waals surface area contributed by atoms with Gasteiger partial charge in [-0.05, 0) is 48.4 Å². The van der Waals surface area contributed by atoms with E-state index in [2.05, 4.69) is 26.1 Å². The fraction of sp³-hybridized carbons (Fsp3) is 0.364. The molecule has 7 heteroatoms. The molecule has 0 saturated carbocycles. The van der Waals surface area contributed by atoms with Gasteiger partial charge in [0.1, 0.15) is 5.82 Å². The number of hydrogen-bond donors (Lipinski definition) is 1. The summed E-state index contributed by atoms with van der Waals surface area (Å²) in [5.74, 6) is -0.304. The Balaban J connectivity index is 1.43. The number of piperazine rings is 1. The molecule has 5 nitrogen and oxygen atoms in total. The highest BCUT2D eigenvalue weighted by atomic mass is 79.9. The summed E-state index contributed by atoms with van der Waals surface area (Å²) in [4.78, 5) is 28.8. The predicted molar refractivity (Wildman–Crippen MR) is 116 cm³/mol. The second-order valence-corrected chi connectivity index (χ2v) is 8.33. The zero-order valence-corrected chi connectivity index (χ0v) is 18.0. The average Bonchev–Trinajstić information content (AvgIpc) is 2.68. The second-order valence-electron chi connectivity index (χ2n) is 7.42. The van der Waals surface area contributed by atoms with Gasteiger partial charge in [0.25, 0.3) is 0 Å². The average molecular weight is 462 g/mol. The molecule has 1 fully saturated rings. The first-order chi connectivity index (χ1) is 13.9. The van der Waals surface area contributed by atoms with Crippen molar-refractivity contribution in [1.29, 1.82) is 0 Å². The van der Waals surface area contributed by atoms with Crippen molar-refractivity contribution in [2.45, 2.75) is 19.8 Å². The minimum Gasteiger partial charge on any atom is -0.368 e. The molecule has 0 bridgehead atoms. The zero-order valence-electron chi connectivity index (χ0n) is 16.4. The minimum absolute atomic E-state index is 0.0372. The molecule has 0 spiro atoms. The van der Waals surface area contributed by atoms with Crippen LogP contribution in [-0.2, 0) is 9.59 Å². The van der Waals surface area contributed by atoms with E-state index in [-0.39, 0.29) is 23.5 Å². The Morgan fingerprint density at radius 3 is 2.41 bits per heavy atom. The van der Waals surface area contributed by atoms with Gasteiger partial charge in [0.15, 0.2) is 0 Å². The number of halogens is 2. The van der Waals surface area contributed by atoms with E-state index in [1.807, 2.05) is 36.1 Å². The van der Waals surface area contributed by atoms with E-state index in [0.29, 0.717) is 25.9 Å². The van der Waals surface area contributed by atoms with E-state index >= 15 is 0 Å². The first-order valence-corrected chi connectivity index (χ1v) is 10.5. The zero-order chi connectivity index (χ0) is 20.8. The second kappa shape index (κ2) is 9.87. The van der Waals surface area contributed by atoms with Crippen LogP contribution in [0.1, 0.15) is 19.8 Å². The van der Waals surface area contributed by atoms with E-state index in [0.717, 1.165) is 28.9 Å². The van der Waals surface area contributed by atoms with Gasteiger partial charge in [-0.2, -0.15) is 0 Å². The monoisotopic (exact) mass is 461 g/mol. The lowest BCUT2D eigenvalue weighted by atomic mass is 10.0. The highest BCUT2D eigenvalue weighted by molar-refractivity contribution is 9.10. The maximum absolute atomic E-state index is 13.1. The molecule has 0 unspecified atom stereocenters. The van der Waals surface area contributed by atoms with Gasteiger partial charge in [-0.15, -0.1) is 0 Å². The molecule has 1 atom stereocenters. The van der Waals surface area contributed by atoms with Crippen molar-refractivity contribution in [2.75, 3.05) is 36.4 Å². The van der Waals surface area contributed by atoms with E-state index < -0.39 is 0 Å². The first-order valence-electron chi connectivity index (χ1n) is 9.74. The molecule has 1 N–H and O–H groups in total. The van der Waals surface area contributed by atoms with Crippen molar-refractivity contribution in [2.24, 2.45) is 5.92 Å². The van der Waals surface area contributed by atoms with Gasteiger partial charge in [-0.25, -0.2) is 4.39 Å². The third-order valence-corrected chi connectivity index (χ3v) is 5.48. The van der Waals surface area contributed by atoms with Crippen LogP contribution in [0.25, 0.3) is 0 Å². The fourth-order valence-electron chi connectivity index (χ4n) is 3.46. The van der Waals surface area contributed by atoms with Crippen molar-refractivity contribution >= 4 is 39.1 Å². The summed E-state index contributed by atoms with van der Waals surface area (Å²) in [6, 6.07) is 13.9. The SMILES string of the molecule is C[C@@H](CC(=O)Nc1cccc(Br)c1)CC(=O)N1CCN(c2ccc(F)cc2)CC1. The third-order valence-electron chi connectivity index (χ3n) is 4.99. The standard InChI is InChI=1S/C22H25BrFN3O2/c1-16(13-21(28)25-19-4-2-3-17(23)15-19)14-22(29)27-11-9-26(10-12-27)20-7-5-18(24)6-8-20/h2-8,15-16H,9-14H2,1H3,(H,25,28)/t16-/m0/s1. The quantitative estimate of drug-likeness (QED) is 0.697. The number of hydrogen-bond acceptors (Lipinski definition) is 3. The summed E-state index contributed by atoms with van der Waals surface area (Å²) in [5.41, 5.74) is 1.70. The maximum Gasteiger partial charge on any atom is 0.224 e. The molecule has 154 valence electrons. The molecule has 29 heavy (non-hydrogen) atoms. The largest absolute Gasteiger partial charge is 0.368 e. The van der Waals surface area contributed by atoms with E-state index in [1.54, 1.807) is 12.1 Å². The van der Waals surface area contributed by atoms with Crippen molar-refractivity contribution in [1.82, 2.24) is 4.90 Å². The van der Waals surface area contributed by atoms with Crippen molar-refractivity contribution in [3.63, 3.8) is 0 Å². The van der Waals surface area contributed by atoms with Crippen LogP contribution in [0, 0.1) is 11.7 Å². The number of benzene rings is 2. The summed E-state index contributed by atoms with van der Waals surface area (Å²) in [7, 11) is 0. The van der Waals surface area contributed by atoms with Crippen LogP contribution in [0.2, 0.25) is 0 Å². The van der Waals surface area contributed by atoms with Crippen molar-refractivity contribution in [3.8, 4) is 0 Å². The molecule has 1 aliphatic heterocycles. The molecule has 2 aromatic rings. The number of rotatable bonds is 6. The Morgan fingerprint density at radius 1 is 1.07 bits per heavy atom. The molecule has 1 aliphatic rings. The van der Waals surface area contributed by atoms with Gasteiger partial charge in [0, 0.05) is 54.9 Å². The van der Waals surface area contributed by atoms with Crippen LogP contribution < -0.4 is 10.2 Å². The number of carbonyl (C=O) groups is 2. The van der Waals surface area contributed by atoms with E-state index in [9.17, 15) is 14.0 Å². The molecule has 1 heterocycles. The molecule has 0 aromatic heterocycles. The lowest BCUT2D eigenvalue weighted by molar-refractivity contribution is -0.132. The summed E-state index contributed by atoms with van der Waals surface area (Å²) in [6.45, 7) is 4.62. The molecule has 3 rings (SSSR count). The number of nitrogens with one attached hydrogen (secondary N) is 1. The lowest BCUT2D eigenvalue weighted by Gasteiger charge is -2.36. The van der Waals surface area contributed by atoms with Crippen LogP contribution in [0.4, 0.5) is 15.8 Å². The fourth-order valence-corrected chi connectivity index (χ4v) is 3.86. The molecular weight excluding hydrogens is 437 g/mol. The van der Waals surface area contributed by atoms with E-state index in [4.69, 9.17) is 0 Å². The highest BCUT2D eigenvalue weighted by Gasteiger charge is 2.23. The summed E-state index contributed by atoms with van der Waals surface area (Å²) in [5, 5.41) is 2.87. The van der Waals surface area contributed by atoms with Gasteiger partial charge in [0.2, 0.25) is 11.8 Å². The Bertz CT molecular complexity index is 851. The lowest BCUT2D eigenvalue weighted by Crippen LogP contribution is -2.49. The molecule has 1 saturated heterocycles. The van der Waals surface area contributed by atoms with Gasteiger partial charge in [0.05, 0.1) is 0 Å². The molecule has 2 aromatic carbocycles. The normalized spacial score (nSPS) is 15.1. The first kappa shape index (κ1) is 21.3. The predicted octanol–water partition coefficient (Wildman–Crippen LogP) is 4.29. The molecule has 0 radical (unpaired) electrons. The summed E-state index contributed by atoms with van der Waals surface area (Å²) < 4.78 is 14.0. The smallest absolute Gasteiger partial charge is 0.224 e. The summed E-state index contributed by atoms with van der Waals surface area (Å²) in [6.07, 6.45) is 0.649. The van der Waals surface area contributed by atoms with E-state index in [1.165, 1.54) is 12.1 Å². The van der Waals surface area contributed by atoms with Gasteiger partial charge in [-0.1, -0.05) is 28.9 Å². The maximum atomic E-state index is 13.1. The van der Waals surface area contributed by atoms with Crippen LogP contribution in [0.15, 0.2) is 53.0 Å². The Hall–Kier alpha value is -2.41. The highest BCUT2D eigenvalue weighted by Crippen LogP contribution is 2.19. The van der Waals surface area contributed by atoms with Gasteiger partial charge in [-0.3, -0.25) is 9.59 Å². The topological polar surface area (TPSA) is 52.7 Å². The third kappa shape index (κ3) is 6.29. The van der Waals surface area contributed by atoms with Crippen molar-refractivity contribution in [3.05, 3.63) is 58.8 Å². The number of anilines is 2.